The normalized spacial score (nSPS) is 11.1. The molecule has 0 unspecified atom stereocenters. The predicted molar refractivity (Wildman–Crippen MR) is 114 cm³/mol. The second-order valence-corrected chi connectivity index (χ2v) is 7.43. The first-order valence-corrected chi connectivity index (χ1v) is 10.1. The molecular formula is C20H20ClN5OS. The summed E-state index contributed by atoms with van der Waals surface area (Å²) in [5, 5.41) is 13.8. The lowest BCUT2D eigenvalue weighted by atomic mass is 10.2. The number of amides is 1. The summed E-state index contributed by atoms with van der Waals surface area (Å²) < 4.78 is 1.97. The first-order chi connectivity index (χ1) is 13.6. The minimum atomic E-state index is -0.201. The van der Waals surface area contributed by atoms with Crippen molar-refractivity contribution in [3.8, 4) is 11.4 Å². The summed E-state index contributed by atoms with van der Waals surface area (Å²) >= 11 is 7.27. The highest BCUT2D eigenvalue weighted by molar-refractivity contribution is 7.99. The van der Waals surface area contributed by atoms with Crippen molar-refractivity contribution in [2.24, 2.45) is 5.10 Å². The highest BCUT2D eigenvalue weighted by Gasteiger charge is 2.14. The average molecular weight is 414 g/mol. The minimum absolute atomic E-state index is 0.198. The van der Waals surface area contributed by atoms with E-state index < -0.39 is 0 Å². The Bertz CT molecular complexity index is 985. The quantitative estimate of drug-likeness (QED) is 0.358. The molecule has 0 aliphatic carbocycles. The Morgan fingerprint density at radius 2 is 2.04 bits per heavy atom. The molecule has 6 nitrogen and oxygen atoms in total. The van der Waals surface area contributed by atoms with Crippen LogP contribution in [0.3, 0.4) is 0 Å². The van der Waals surface area contributed by atoms with Crippen LogP contribution in [0.4, 0.5) is 0 Å². The largest absolute Gasteiger partial charge is 0.302 e. The number of aryl methyl sites for hydroxylation is 1. The van der Waals surface area contributed by atoms with E-state index in [1.54, 1.807) is 6.21 Å². The lowest BCUT2D eigenvalue weighted by molar-refractivity contribution is -0.118. The molecule has 1 amide bonds. The zero-order chi connectivity index (χ0) is 19.9. The Morgan fingerprint density at radius 1 is 1.25 bits per heavy atom. The van der Waals surface area contributed by atoms with Gasteiger partial charge in [-0.3, -0.25) is 4.79 Å². The van der Waals surface area contributed by atoms with Gasteiger partial charge in [0.1, 0.15) is 0 Å². The van der Waals surface area contributed by atoms with Crippen molar-refractivity contribution in [3.63, 3.8) is 0 Å². The molecule has 1 aromatic heterocycles. The van der Waals surface area contributed by atoms with Crippen LogP contribution in [-0.4, -0.2) is 32.6 Å². The number of benzene rings is 2. The van der Waals surface area contributed by atoms with E-state index in [2.05, 4.69) is 20.7 Å². The fourth-order valence-corrected chi connectivity index (χ4v) is 3.51. The van der Waals surface area contributed by atoms with Crippen LogP contribution in [0.25, 0.3) is 11.4 Å². The standard InChI is InChI=1S/C20H20ClN5OS/c1-3-26-19(16-7-9-17(21)10-8-16)24-25-20(26)28-13-18(27)23-22-12-15-6-4-5-14(2)11-15/h4-12H,3,13H2,1-2H3,(H,23,27). The number of aromatic nitrogens is 3. The van der Waals surface area contributed by atoms with Gasteiger partial charge in [-0.1, -0.05) is 53.2 Å². The van der Waals surface area contributed by atoms with E-state index in [0.29, 0.717) is 16.7 Å². The summed E-state index contributed by atoms with van der Waals surface area (Å²) in [5.41, 5.74) is 5.55. The molecule has 0 fully saturated rings. The first-order valence-electron chi connectivity index (χ1n) is 8.77. The molecule has 3 rings (SSSR count). The van der Waals surface area contributed by atoms with E-state index >= 15 is 0 Å². The van der Waals surface area contributed by atoms with E-state index in [9.17, 15) is 4.79 Å². The summed E-state index contributed by atoms with van der Waals surface area (Å²) in [5.74, 6) is 0.747. The molecule has 8 heteroatoms. The molecular weight excluding hydrogens is 394 g/mol. The van der Waals surface area contributed by atoms with Crippen LogP contribution in [0.15, 0.2) is 58.8 Å². The molecule has 2 aromatic carbocycles. The van der Waals surface area contributed by atoms with Gasteiger partial charge in [-0.2, -0.15) is 5.10 Å². The topological polar surface area (TPSA) is 72.2 Å². The monoisotopic (exact) mass is 413 g/mol. The van der Waals surface area contributed by atoms with Crippen molar-refractivity contribution in [3.05, 3.63) is 64.7 Å². The maximum absolute atomic E-state index is 12.1. The number of hydrogen-bond acceptors (Lipinski definition) is 5. The van der Waals surface area contributed by atoms with Crippen LogP contribution < -0.4 is 5.43 Å². The third-order valence-corrected chi connectivity index (χ3v) is 5.13. The number of nitrogens with zero attached hydrogens (tertiary/aromatic N) is 4. The molecule has 0 spiro atoms. The molecule has 0 saturated carbocycles. The Hall–Kier alpha value is -2.64. The van der Waals surface area contributed by atoms with Gasteiger partial charge in [0, 0.05) is 17.1 Å². The first kappa shape index (κ1) is 20.1. The van der Waals surface area contributed by atoms with Gasteiger partial charge in [-0.15, -0.1) is 10.2 Å². The minimum Gasteiger partial charge on any atom is -0.302 e. The fraction of sp³-hybridized carbons (Fsp3) is 0.200. The molecule has 1 heterocycles. The summed E-state index contributed by atoms with van der Waals surface area (Å²) in [6.45, 7) is 4.72. The highest BCUT2D eigenvalue weighted by atomic mass is 35.5. The van der Waals surface area contributed by atoms with Crippen LogP contribution in [0.1, 0.15) is 18.1 Å². The molecule has 0 bridgehead atoms. The van der Waals surface area contributed by atoms with Gasteiger partial charge in [0.2, 0.25) is 0 Å². The van der Waals surface area contributed by atoms with Gasteiger partial charge in [0.25, 0.3) is 5.91 Å². The molecule has 0 aliphatic heterocycles. The molecule has 3 aromatic rings. The van der Waals surface area contributed by atoms with Crippen molar-refractivity contribution >= 4 is 35.5 Å². The second kappa shape index (κ2) is 9.52. The smallest absolute Gasteiger partial charge is 0.250 e. The Labute approximate surface area is 173 Å². The van der Waals surface area contributed by atoms with Crippen LogP contribution in [-0.2, 0) is 11.3 Å². The maximum atomic E-state index is 12.1. The fourth-order valence-electron chi connectivity index (χ4n) is 2.58. The number of nitrogens with one attached hydrogen (secondary N) is 1. The van der Waals surface area contributed by atoms with Crippen LogP contribution >= 0.6 is 23.4 Å². The van der Waals surface area contributed by atoms with Crippen molar-refractivity contribution < 1.29 is 4.79 Å². The molecule has 0 atom stereocenters. The summed E-state index contributed by atoms with van der Waals surface area (Å²) in [4.78, 5) is 12.1. The third kappa shape index (κ3) is 5.21. The molecule has 0 radical (unpaired) electrons. The van der Waals surface area contributed by atoms with Crippen molar-refractivity contribution in [2.75, 3.05) is 5.75 Å². The van der Waals surface area contributed by atoms with Gasteiger partial charge in [0.15, 0.2) is 11.0 Å². The Balaban J connectivity index is 1.59. The predicted octanol–water partition coefficient (Wildman–Crippen LogP) is 4.17. The van der Waals surface area contributed by atoms with Crippen molar-refractivity contribution in [1.82, 2.24) is 20.2 Å². The van der Waals surface area contributed by atoms with Gasteiger partial charge in [-0.25, -0.2) is 5.43 Å². The zero-order valence-electron chi connectivity index (χ0n) is 15.6. The van der Waals surface area contributed by atoms with Gasteiger partial charge >= 0.3 is 0 Å². The Kier molecular flexibility index (Phi) is 6.84. The Morgan fingerprint density at radius 3 is 2.75 bits per heavy atom. The lowest BCUT2D eigenvalue weighted by Gasteiger charge is -2.07. The average Bonchev–Trinajstić information content (AvgIpc) is 3.10. The number of carbonyl (C=O) groups excluding carboxylic acids is 1. The zero-order valence-corrected chi connectivity index (χ0v) is 17.2. The van der Waals surface area contributed by atoms with Crippen LogP contribution in [0, 0.1) is 6.92 Å². The van der Waals surface area contributed by atoms with Crippen LogP contribution in [0.5, 0.6) is 0 Å². The van der Waals surface area contributed by atoms with Crippen molar-refractivity contribution in [1.29, 1.82) is 0 Å². The van der Waals surface area contributed by atoms with Gasteiger partial charge < -0.3 is 4.57 Å². The van der Waals surface area contributed by atoms with Gasteiger partial charge in [0.05, 0.1) is 12.0 Å². The SMILES string of the molecule is CCn1c(SCC(=O)NN=Cc2cccc(C)c2)nnc1-c1ccc(Cl)cc1. The summed E-state index contributed by atoms with van der Waals surface area (Å²) in [6.07, 6.45) is 1.63. The number of hydrazone groups is 1. The molecule has 1 N–H and O–H groups in total. The summed E-state index contributed by atoms with van der Waals surface area (Å²) in [6, 6.07) is 15.3. The number of thioether (sulfide) groups is 1. The van der Waals surface area contributed by atoms with Crippen LogP contribution in [0.2, 0.25) is 5.02 Å². The van der Waals surface area contributed by atoms with Gasteiger partial charge in [-0.05, 0) is 43.7 Å². The molecule has 28 heavy (non-hydrogen) atoms. The number of hydrogen-bond donors (Lipinski definition) is 1. The number of rotatable bonds is 7. The van der Waals surface area contributed by atoms with E-state index in [4.69, 9.17) is 11.6 Å². The summed E-state index contributed by atoms with van der Waals surface area (Å²) in [7, 11) is 0. The molecule has 0 aliphatic rings. The van der Waals surface area contributed by atoms with E-state index in [-0.39, 0.29) is 11.7 Å². The van der Waals surface area contributed by atoms with Crippen molar-refractivity contribution in [2.45, 2.75) is 25.5 Å². The maximum Gasteiger partial charge on any atom is 0.250 e. The van der Waals surface area contributed by atoms with E-state index in [0.717, 1.165) is 22.5 Å². The number of halogens is 1. The number of carbonyl (C=O) groups is 1. The molecule has 0 saturated heterocycles. The third-order valence-electron chi connectivity index (χ3n) is 3.91. The molecule has 144 valence electrons. The lowest BCUT2D eigenvalue weighted by Crippen LogP contribution is -2.20. The van der Waals surface area contributed by atoms with E-state index in [1.165, 1.54) is 11.8 Å². The van der Waals surface area contributed by atoms with E-state index in [1.807, 2.05) is 66.9 Å². The highest BCUT2D eigenvalue weighted by Crippen LogP contribution is 2.24. The second-order valence-electron chi connectivity index (χ2n) is 6.05.